The van der Waals surface area contributed by atoms with Crippen LogP contribution in [-0.4, -0.2) is 65.6 Å². The summed E-state index contributed by atoms with van der Waals surface area (Å²) < 4.78 is 1.94. The number of piperidine rings is 2. The van der Waals surface area contributed by atoms with Gasteiger partial charge < -0.3 is 19.7 Å². The molecule has 4 aliphatic rings. The minimum absolute atomic E-state index is 0.00866. The lowest BCUT2D eigenvalue weighted by atomic mass is 9.64. The summed E-state index contributed by atoms with van der Waals surface area (Å²) in [6.45, 7) is 6.97. The summed E-state index contributed by atoms with van der Waals surface area (Å²) in [7, 11) is 0. The van der Waals surface area contributed by atoms with Crippen LogP contribution in [0.25, 0.3) is 0 Å². The molecule has 5 heteroatoms. The van der Waals surface area contributed by atoms with Gasteiger partial charge in [0.25, 0.3) is 0 Å². The average Bonchev–Trinajstić information content (AvgIpc) is 3.02. The molecule has 1 amide bonds. The predicted octanol–water partition coefficient (Wildman–Crippen LogP) is 1.17. The van der Waals surface area contributed by atoms with E-state index in [-0.39, 0.29) is 17.4 Å². The maximum Gasteiger partial charge on any atom is 0.240 e. The average molecular weight is 350 g/mol. The number of fused-ring (bicyclic) bond motifs is 1. The Balaban J connectivity index is 1.47. The molecule has 4 fully saturated rings. The molecule has 4 aliphatic heterocycles. The maximum atomic E-state index is 12.8. The van der Waals surface area contributed by atoms with Crippen molar-refractivity contribution >= 4 is 5.91 Å². The molecule has 4 bridgehead atoms. The van der Waals surface area contributed by atoms with Crippen LogP contribution in [-0.2, 0) is 16.8 Å². The molecule has 0 spiro atoms. The number of amides is 1. The van der Waals surface area contributed by atoms with Crippen LogP contribution in [0.2, 0.25) is 0 Å². The van der Waals surface area contributed by atoms with Gasteiger partial charge in [-0.1, -0.05) is 30.3 Å². The zero-order chi connectivity index (χ0) is 17.6. The third-order valence-electron chi connectivity index (χ3n) is 6.45. The molecule has 1 N–H and O–H groups in total. The van der Waals surface area contributed by atoms with Crippen molar-refractivity contribution < 1.29 is 4.79 Å². The molecule has 0 radical (unpaired) electrons. The zero-order valence-corrected chi connectivity index (χ0v) is 15.1. The van der Waals surface area contributed by atoms with Gasteiger partial charge in [0.1, 0.15) is 6.54 Å². The first-order valence-corrected chi connectivity index (χ1v) is 9.63. The number of carbonyl (C=O) groups excluding carboxylic acids is 1. The first kappa shape index (κ1) is 16.1. The van der Waals surface area contributed by atoms with Crippen LogP contribution in [0.15, 0.2) is 54.9 Å². The number of rotatable bonds is 4. The third-order valence-corrected chi connectivity index (χ3v) is 6.45. The Morgan fingerprint density at radius 1 is 1.00 bits per heavy atom. The van der Waals surface area contributed by atoms with Gasteiger partial charge in [0.15, 0.2) is 0 Å². The summed E-state index contributed by atoms with van der Waals surface area (Å²) >= 11 is 0. The second-order valence-corrected chi connectivity index (χ2v) is 8.15. The summed E-state index contributed by atoms with van der Waals surface area (Å²) in [4.78, 5) is 18.0. The Kier molecular flexibility index (Phi) is 3.87. The molecular formula is C21H26N4O. The van der Waals surface area contributed by atoms with Crippen molar-refractivity contribution in [2.45, 2.75) is 18.0 Å². The normalized spacial score (nSPS) is 35.2. The van der Waals surface area contributed by atoms with E-state index in [1.54, 1.807) is 0 Å². The summed E-state index contributed by atoms with van der Waals surface area (Å²) in [6.07, 6.45) is 3.90. The Bertz CT molecular complexity index is 757. The number of benzene rings is 1. The number of aromatic nitrogens is 1. The van der Waals surface area contributed by atoms with Crippen LogP contribution in [0, 0.1) is 5.92 Å². The van der Waals surface area contributed by atoms with Crippen LogP contribution >= 0.6 is 0 Å². The molecule has 26 heavy (non-hydrogen) atoms. The van der Waals surface area contributed by atoms with Crippen LogP contribution in [0.4, 0.5) is 0 Å². The predicted molar refractivity (Wildman–Crippen MR) is 101 cm³/mol. The Hall–Kier alpha value is -2.11. The number of carbonyl (C=O) groups is 1. The highest BCUT2D eigenvalue weighted by molar-refractivity contribution is 5.76. The number of nitrogens with zero attached hydrogens (tertiary/aromatic N) is 3. The van der Waals surface area contributed by atoms with Crippen LogP contribution in [0.5, 0.6) is 0 Å². The van der Waals surface area contributed by atoms with Gasteiger partial charge in [-0.3, -0.25) is 4.79 Å². The maximum absolute atomic E-state index is 12.8. The third kappa shape index (κ3) is 2.66. The standard InChI is InChI=1S/C21H26N4O/c26-19(14-23-8-4-5-9-23)22-20-17-12-24-10-11-25(13-17)16-21(20,15-24)18-6-2-1-3-7-18/h1-9,17,20H,10-16H2,(H,22,26)/t17?,20-,21?/m0/s1. The molecule has 6 rings (SSSR count). The van der Waals surface area contributed by atoms with E-state index >= 15 is 0 Å². The van der Waals surface area contributed by atoms with E-state index in [9.17, 15) is 4.79 Å². The lowest BCUT2D eigenvalue weighted by Gasteiger charge is -2.55. The van der Waals surface area contributed by atoms with Crippen molar-refractivity contribution in [3.8, 4) is 0 Å². The Labute approximate surface area is 154 Å². The number of hydrogen-bond acceptors (Lipinski definition) is 3. The van der Waals surface area contributed by atoms with Crippen LogP contribution in [0.1, 0.15) is 5.56 Å². The molecule has 0 aliphatic carbocycles. The van der Waals surface area contributed by atoms with Gasteiger partial charge in [-0.05, 0) is 17.7 Å². The van der Waals surface area contributed by atoms with E-state index < -0.39 is 0 Å². The summed E-state index contributed by atoms with van der Waals surface area (Å²) in [5, 5.41) is 3.45. The second-order valence-electron chi connectivity index (χ2n) is 8.15. The number of hydrogen-bond donors (Lipinski definition) is 1. The van der Waals surface area contributed by atoms with Crippen molar-refractivity contribution in [2.24, 2.45) is 5.92 Å². The van der Waals surface area contributed by atoms with Crippen LogP contribution < -0.4 is 5.32 Å². The SMILES string of the molecule is O=C(Cn1cccc1)N[C@H]1C2CN3CCN(C2)CC1(c1ccccc1)C3. The summed E-state index contributed by atoms with van der Waals surface area (Å²) in [6, 6.07) is 15.0. The smallest absolute Gasteiger partial charge is 0.240 e. The molecule has 2 unspecified atom stereocenters. The minimum Gasteiger partial charge on any atom is -0.350 e. The molecule has 5 heterocycles. The van der Waals surface area contributed by atoms with Crippen molar-refractivity contribution in [2.75, 3.05) is 39.3 Å². The minimum atomic E-state index is -0.00866. The second kappa shape index (κ2) is 6.25. The quantitative estimate of drug-likeness (QED) is 0.900. The van der Waals surface area contributed by atoms with Gasteiger partial charge in [0.05, 0.1) is 0 Å². The van der Waals surface area contributed by atoms with Gasteiger partial charge in [-0.15, -0.1) is 0 Å². The fraction of sp³-hybridized carbons (Fsp3) is 0.476. The fourth-order valence-electron chi connectivity index (χ4n) is 5.43. The van der Waals surface area contributed by atoms with Crippen molar-refractivity contribution in [1.29, 1.82) is 0 Å². The van der Waals surface area contributed by atoms with Crippen molar-refractivity contribution in [3.05, 3.63) is 60.4 Å². The topological polar surface area (TPSA) is 40.5 Å². The molecule has 4 saturated heterocycles. The number of nitrogens with one attached hydrogen (secondary N) is 1. The van der Waals surface area contributed by atoms with Gasteiger partial charge in [0.2, 0.25) is 5.91 Å². The lowest BCUT2D eigenvalue weighted by molar-refractivity contribution is -0.125. The molecule has 136 valence electrons. The van der Waals surface area contributed by atoms with Gasteiger partial charge in [0, 0.05) is 69.0 Å². The summed E-state index contributed by atoms with van der Waals surface area (Å²) in [5.41, 5.74) is 1.36. The summed E-state index contributed by atoms with van der Waals surface area (Å²) in [5.74, 6) is 0.617. The lowest BCUT2D eigenvalue weighted by Crippen LogP contribution is -2.70. The van der Waals surface area contributed by atoms with E-state index in [1.165, 1.54) is 5.56 Å². The van der Waals surface area contributed by atoms with E-state index in [1.807, 2.05) is 29.1 Å². The largest absolute Gasteiger partial charge is 0.350 e. The fourth-order valence-corrected chi connectivity index (χ4v) is 5.43. The van der Waals surface area contributed by atoms with Crippen molar-refractivity contribution in [3.63, 3.8) is 0 Å². The van der Waals surface area contributed by atoms with Crippen LogP contribution in [0.3, 0.4) is 0 Å². The Morgan fingerprint density at radius 2 is 1.65 bits per heavy atom. The van der Waals surface area contributed by atoms with Gasteiger partial charge >= 0.3 is 0 Å². The van der Waals surface area contributed by atoms with E-state index in [0.29, 0.717) is 12.5 Å². The molecule has 0 saturated carbocycles. The van der Waals surface area contributed by atoms with E-state index in [2.05, 4.69) is 45.4 Å². The monoisotopic (exact) mass is 350 g/mol. The highest BCUT2D eigenvalue weighted by Gasteiger charge is 2.55. The van der Waals surface area contributed by atoms with Crippen molar-refractivity contribution in [1.82, 2.24) is 19.7 Å². The molecule has 3 atom stereocenters. The molecular weight excluding hydrogens is 324 g/mol. The van der Waals surface area contributed by atoms with Gasteiger partial charge in [-0.25, -0.2) is 0 Å². The molecule has 1 aromatic carbocycles. The molecule has 2 aromatic rings. The highest BCUT2D eigenvalue weighted by atomic mass is 16.2. The first-order chi connectivity index (χ1) is 12.7. The zero-order valence-electron chi connectivity index (χ0n) is 15.1. The highest BCUT2D eigenvalue weighted by Crippen LogP contribution is 2.43. The molecule has 5 nitrogen and oxygen atoms in total. The van der Waals surface area contributed by atoms with Gasteiger partial charge in [-0.2, -0.15) is 0 Å². The first-order valence-electron chi connectivity index (χ1n) is 9.63. The molecule has 1 aromatic heterocycles. The Morgan fingerprint density at radius 3 is 2.31 bits per heavy atom. The van der Waals surface area contributed by atoms with E-state index in [4.69, 9.17) is 0 Å². The van der Waals surface area contributed by atoms with E-state index in [0.717, 1.165) is 39.3 Å².